The number of thiocarbonyl (C=S) groups is 1. The molecule has 0 atom stereocenters. The van der Waals surface area contributed by atoms with Crippen molar-refractivity contribution in [2.24, 2.45) is 0 Å². The van der Waals surface area contributed by atoms with Crippen molar-refractivity contribution < 1.29 is 14.5 Å². The minimum Gasteiger partial charge on any atom is -0.497 e. The number of piperidine rings is 1. The second-order valence-electron chi connectivity index (χ2n) is 8.85. The summed E-state index contributed by atoms with van der Waals surface area (Å²) in [6, 6.07) is 12.8. The molecular formula is C26H31N5O4S. The summed E-state index contributed by atoms with van der Waals surface area (Å²) in [5, 5.41) is 14.8. The number of nitrogens with one attached hydrogen (secondary N) is 1. The van der Waals surface area contributed by atoms with Gasteiger partial charge in [0.15, 0.2) is 5.11 Å². The molecule has 2 aromatic rings. The molecule has 0 aromatic heterocycles. The fourth-order valence-corrected chi connectivity index (χ4v) is 4.81. The third-order valence-corrected chi connectivity index (χ3v) is 6.92. The number of nitro benzene ring substituents is 1. The lowest BCUT2D eigenvalue weighted by Crippen LogP contribution is -2.52. The van der Waals surface area contributed by atoms with Crippen molar-refractivity contribution in [2.45, 2.75) is 19.3 Å². The van der Waals surface area contributed by atoms with E-state index in [4.69, 9.17) is 17.0 Å². The van der Waals surface area contributed by atoms with Crippen LogP contribution in [0, 0.1) is 10.1 Å². The molecule has 0 bridgehead atoms. The van der Waals surface area contributed by atoms with Crippen LogP contribution < -0.4 is 19.9 Å². The number of ether oxygens (including phenoxy) is 1. The molecule has 10 heteroatoms. The first-order valence-corrected chi connectivity index (χ1v) is 12.6. The molecule has 1 amide bonds. The predicted octanol–water partition coefficient (Wildman–Crippen LogP) is 3.83. The van der Waals surface area contributed by atoms with E-state index in [2.05, 4.69) is 15.1 Å². The number of carbonyl (C=O) groups is 1. The Morgan fingerprint density at radius 3 is 2.33 bits per heavy atom. The minimum absolute atomic E-state index is 0.158. The van der Waals surface area contributed by atoms with Crippen molar-refractivity contribution in [3.8, 4) is 5.75 Å². The van der Waals surface area contributed by atoms with Crippen molar-refractivity contribution in [3.63, 3.8) is 0 Å². The van der Waals surface area contributed by atoms with Gasteiger partial charge in [-0.15, -0.1) is 0 Å². The number of nitro groups is 1. The van der Waals surface area contributed by atoms with Crippen LogP contribution in [0.2, 0.25) is 0 Å². The highest BCUT2D eigenvalue weighted by molar-refractivity contribution is 7.80. The van der Waals surface area contributed by atoms with Crippen molar-refractivity contribution >= 4 is 46.4 Å². The number of benzene rings is 2. The summed E-state index contributed by atoms with van der Waals surface area (Å²) >= 11 is 5.46. The van der Waals surface area contributed by atoms with E-state index in [1.54, 1.807) is 19.3 Å². The topological polar surface area (TPSA) is 91.2 Å². The summed E-state index contributed by atoms with van der Waals surface area (Å²) in [5.74, 6) is 0.480. The van der Waals surface area contributed by atoms with Gasteiger partial charge in [0, 0.05) is 57.1 Å². The van der Waals surface area contributed by atoms with E-state index in [1.165, 1.54) is 12.5 Å². The first-order valence-electron chi connectivity index (χ1n) is 12.1. The molecule has 0 aliphatic carbocycles. The van der Waals surface area contributed by atoms with Gasteiger partial charge in [0.05, 0.1) is 12.0 Å². The van der Waals surface area contributed by atoms with Gasteiger partial charge in [0.1, 0.15) is 11.4 Å². The molecule has 36 heavy (non-hydrogen) atoms. The smallest absolute Gasteiger partial charge is 0.292 e. The van der Waals surface area contributed by atoms with Crippen LogP contribution in [0.3, 0.4) is 0 Å². The first-order chi connectivity index (χ1) is 17.4. The summed E-state index contributed by atoms with van der Waals surface area (Å²) in [6.07, 6.45) is 6.46. The monoisotopic (exact) mass is 509 g/mol. The number of hydrogen-bond acceptors (Lipinski definition) is 7. The Morgan fingerprint density at radius 2 is 1.69 bits per heavy atom. The van der Waals surface area contributed by atoms with Gasteiger partial charge in [-0.25, -0.2) is 0 Å². The zero-order valence-electron chi connectivity index (χ0n) is 20.4. The molecule has 0 saturated carbocycles. The average molecular weight is 510 g/mol. The number of hydrogen-bond donors (Lipinski definition) is 1. The third kappa shape index (κ3) is 6.31. The molecule has 2 fully saturated rings. The van der Waals surface area contributed by atoms with E-state index in [0.29, 0.717) is 37.0 Å². The molecule has 4 rings (SSSR count). The fraction of sp³-hybridized carbons (Fsp3) is 0.385. The van der Waals surface area contributed by atoms with E-state index in [0.717, 1.165) is 42.9 Å². The standard InChI is InChI=1S/C26H31N5O4S/c1-35-22-9-5-20(6-10-22)7-12-25(32)27-26(36)30-17-15-28(16-18-30)21-8-11-23(31(33)34)24(19-21)29-13-3-2-4-14-29/h5-12,19H,2-4,13-18H2,1H3,(H,27,32,36)/b12-7+. The van der Waals surface area contributed by atoms with Gasteiger partial charge in [0.25, 0.3) is 5.69 Å². The minimum atomic E-state index is -0.296. The lowest BCUT2D eigenvalue weighted by atomic mass is 10.1. The number of amides is 1. The van der Waals surface area contributed by atoms with Crippen LogP contribution in [0.4, 0.5) is 17.1 Å². The Labute approximate surface area is 216 Å². The van der Waals surface area contributed by atoms with Crippen molar-refractivity contribution in [3.05, 3.63) is 64.2 Å². The number of rotatable bonds is 6. The average Bonchev–Trinajstić information content (AvgIpc) is 2.92. The predicted molar refractivity (Wildman–Crippen MR) is 146 cm³/mol. The largest absolute Gasteiger partial charge is 0.497 e. The molecule has 9 nitrogen and oxygen atoms in total. The number of carbonyl (C=O) groups excluding carboxylic acids is 1. The Kier molecular flexibility index (Phi) is 8.37. The van der Waals surface area contributed by atoms with E-state index >= 15 is 0 Å². The molecule has 2 aliphatic heterocycles. The first kappa shape index (κ1) is 25.4. The normalized spacial score (nSPS) is 16.2. The maximum absolute atomic E-state index is 12.3. The van der Waals surface area contributed by atoms with Crippen LogP contribution in [0.1, 0.15) is 24.8 Å². The summed E-state index contributed by atoms with van der Waals surface area (Å²) < 4.78 is 5.14. The molecule has 2 heterocycles. The number of nitrogens with zero attached hydrogens (tertiary/aromatic N) is 4. The molecule has 190 valence electrons. The number of anilines is 2. The van der Waals surface area contributed by atoms with Crippen LogP contribution in [0.25, 0.3) is 6.08 Å². The fourth-order valence-electron chi connectivity index (χ4n) is 4.53. The van der Waals surface area contributed by atoms with Crippen LogP contribution >= 0.6 is 12.2 Å². The molecule has 0 radical (unpaired) electrons. The third-order valence-electron chi connectivity index (χ3n) is 6.56. The van der Waals surface area contributed by atoms with E-state index in [-0.39, 0.29) is 16.5 Å². The zero-order chi connectivity index (χ0) is 25.5. The van der Waals surface area contributed by atoms with Gasteiger partial charge in [-0.05, 0) is 67.4 Å². The molecule has 1 N–H and O–H groups in total. The highest BCUT2D eigenvalue weighted by atomic mass is 32.1. The summed E-state index contributed by atoms with van der Waals surface area (Å²) in [5.41, 5.74) is 2.72. The Morgan fingerprint density at radius 1 is 1.00 bits per heavy atom. The van der Waals surface area contributed by atoms with Crippen LogP contribution in [0.5, 0.6) is 5.75 Å². The lowest BCUT2D eigenvalue weighted by molar-refractivity contribution is -0.384. The van der Waals surface area contributed by atoms with Crippen molar-refractivity contribution in [1.29, 1.82) is 0 Å². The van der Waals surface area contributed by atoms with Gasteiger partial charge in [0.2, 0.25) is 5.91 Å². The van der Waals surface area contributed by atoms with Crippen LogP contribution in [-0.4, -0.2) is 67.2 Å². The molecule has 2 saturated heterocycles. The molecule has 0 spiro atoms. The lowest BCUT2D eigenvalue weighted by Gasteiger charge is -2.37. The molecule has 2 aromatic carbocycles. The van der Waals surface area contributed by atoms with Crippen LogP contribution in [-0.2, 0) is 4.79 Å². The van der Waals surface area contributed by atoms with E-state index < -0.39 is 0 Å². The maximum atomic E-state index is 12.3. The van der Waals surface area contributed by atoms with E-state index in [1.807, 2.05) is 41.3 Å². The Bertz CT molecular complexity index is 1120. The van der Waals surface area contributed by atoms with Crippen LogP contribution in [0.15, 0.2) is 48.5 Å². The second-order valence-corrected chi connectivity index (χ2v) is 9.24. The SMILES string of the molecule is COc1ccc(/C=C/C(=O)NC(=S)N2CCN(c3ccc([N+](=O)[O-])c(N4CCCCC4)c3)CC2)cc1. The highest BCUT2D eigenvalue weighted by Crippen LogP contribution is 2.34. The maximum Gasteiger partial charge on any atom is 0.292 e. The molecular weight excluding hydrogens is 478 g/mol. The van der Waals surface area contributed by atoms with E-state index in [9.17, 15) is 14.9 Å². The van der Waals surface area contributed by atoms with Gasteiger partial charge < -0.3 is 19.4 Å². The Balaban J connectivity index is 1.32. The highest BCUT2D eigenvalue weighted by Gasteiger charge is 2.25. The van der Waals surface area contributed by atoms with Gasteiger partial charge in [-0.1, -0.05) is 12.1 Å². The number of piperazine rings is 1. The molecule has 2 aliphatic rings. The Hall–Kier alpha value is -3.66. The summed E-state index contributed by atoms with van der Waals surface area (Å²) in [4.78, 5) is 30.0. The quantitative estimate of drug-likeness (QED) is 0.272. The summed E-state index contributed by atoms with van der Waals surface area (Å²) in [6.45, 7) is 4.40. The van der Waals surface area contributed by atoms with Crippen molar-refractivity contribution in [2.75, 3.05) is 56.2 Å². The van der Waals surface area contributed by atoms with Gasteiger partial charge >= 0.3 is 0 Å². The zero-order valence-corrected chi connectivity index (χ0v) is 21.2. The van der Waals surface area contributed by atoms with Gasteiger partial charge in [-0.3, -0.25) is 20.2 Å². The molecule has 0 unspecified atom stereocenters. The number of methoxy groups -OCH3 is 1. The summed E-state index contributed by atoms with van der Waals surface area (Å²) in [7, 11) is 1.61. The second kappa shape index (κ2) is 11.9. The van der Waals surface area contributed by atoms with Crippen molar-refractivity contribution in [1.82, 2.24) is 10.2 Å². The van der Waals surface area contributed by atoms with Gasteiger partial charge in [-0.2, -0.15) is 0 Å².